The van der Waals surface area contributed by atoms with E-state index in [0.717, 1.165) is 41.2 Å². The Morgan fingerprint density at radius 3 is 2.68 bits per heavy atom. The number of nitrogens with one attached hydrogen (secondary N) is 1. The van der Waals surface area contributed by atoms with Crippen molar-refractivity contribution in [3.8, 4) is 11.3 Å². The van der Waals surface area contributed by atoms with Gasteiger partial charge >= 0.3 is 0 Å². The Kier molecular flexibility index (Phi) is 3.93. The van der Waals surface area contributed by atoms with Gasteiger partial charge in [-0.2, -0.15) is 0 Å². The summed E-state index contributed by atoms with van der Waals surface area (Å²) in [5, 5.41) is 3.23. The van der Waals surface area contributed by atoms with Crippen molar-refractivity contribution in [1.82, 2.24) is 29.7 Å². The summed E-state index contributed by atoms with van der Waals surface area (Å²) < 4.78 is 2.06. The van der Waals surface area contributed by atoms with Gasteiger partial charge < -0.3 is 14.8 Å². The van der Waals surface area contributed by atoms with E-state index in [1.54, 1.807) is 12.4 Å². The molecular formula is C18H20N6O. The molecule has 128 valence electrons. The summed E-state index contributed by atoms with van der Waals surface area (Å²) in [4.78, 5) is 27.6. The van der Waals surface area contributed by atoms with Crippen LogP contribution in [0, 0.1) is 6.92 Å². The fraction of sp³-hybridized carbons (Fsp3) is 0.333. The van der Waals surface area contributed by atoms with Gasteiger partial charge in [0.05, 0.1) is 29.1 Å². The lowest BCUT2D eigenvalue weighted by Gasteiger charge is -2.26. The second kappa shape index (κ2) is 6.25. The van der Waals surface area contributed by atoms with E-state index in [-0.39, 0.29) is 5.91 Å². The zero-order valence-corrected chi connectivity index (χ0v) is 14.4. The van der Waals surface area contributed by atoms with Crippen molar-refractivity contribution in [2.24, 2.45) is 7.05 Å². The van der Waals surface area contributed by atoms with E-state index in [9.17, 15) is 4.79 Å². The number of hydrogen-bond acceptors (Lipinski definition) is 5. The van der Waals surface area contributed by atoms with Crippen molar-refractivity contribution >= 4 is 16.9 Å². The molecular weight excluding hydrogens is 316 g/mol. The fourth-order valence-corrected chi connectivity index (χ4v) is 3.10. The molecule has 1 amide bonds. The van der Waals surface area contributed by atoms with Crippen molar-refractivity contribution in [3.63, 3.8) is 0 Å². The topological polar surface area (TPSA) is 75.9 Å². The van der Waals surface area contributed by atoms with Gasteiger partial charge in [0.15, 0.2) is 0 Å². The maximum atomic E-state index is 12.4. The number of aromatic nitrogens is 4. The number of hydrogen-bond donors (Lipinski definition) is 1. The molecule has 0 saturated carbocycles. The number of carbonyl (C=O) groups is 1. The number of rotatable bonds is 2. The Bertz CT molecular complexity index is 925. The van der Waals surface area contributed by atoms with E-state index in [1.165, 1.54) is 0 Å². The zero-order chi connectivity index (χ0) is 17.4. The van der Waals surface area contributed by atoms with Crippen molar-refractivity contribution in [3.05, 3.63) is 42.1 Å². The van der Waals surface area contributed by atoms with Crippen LogP contribution in [0.1, 0.15) is 16.3 Å². The first-order valence-corrected chi connectivity index (χ1v) is 8.39. The largest absolute Gasteiger partial charge is 0.335 e. The molecule has 1 aromatic carbocycles. The van der Waals surface area contributed by atoms with Crippen LogP contribution < -0.4 is 5.32 Å². The van der Waals surface area contributed by atoms with Crippen LogP contribution in [0.4, 0.5) is 0 Å². The Morgan fingerprint density at radius 1 is 1.16 bits per heavy atom. The molecule has 1 saturated heterocycles. The van der Waals surface area contributed by atoms with Crippen LogP contribution in [0.25, 0.3) is 22.3 Å². The zero-order valence-electron chi connectivity index (χ0n) is 14.4. The average molecular weight is 336 g/mol. The first kappa shape index (κ1) is 15.7. The van der Waals surface area contributed by atoms with Crippen LogP contribution in [0.5, 0.6) is 0 Å². The molecule has 0 atom stereocenters. The highest BCUT2D eigenvalue weighted by Gasteiger charge is 2.19. The standard InChI is InChI=1S/C18H20N6O/c1-12-22-14-9-13(3-4-17(14)23(12)2)15-10-21-16(11-20-15)18(25)24-7-5-19-6-8-24/h3-4,9-11,19H,5-8H2,1-2H3. The van der Waals surface area contributed by atoms with Gasteiger partial charge in [0.25, 0.3) is 5.91 Å². The molecule has 4 rings (SSSR count). The SMILES string of the molecule is Cc1nc2cc(-c3cnc(C(=O)N4CCNCC4)cn3)ccc2n1C. The number of nitrogens with zero attached hydrogens (tertiary/aromatic N) is 5. The lowest BCUT2D eigenvalue weighted by molar-refractivity contribution is 0.0729. The molecule has 0 aliphatic carbocycles. The monoisotopic (exact) mass is 336 g/mol. The van der Waals surface area contributed by atoms with Crippen molar-refractivity contribution in [2.75, 3.05) is 26.2 Å². The molecule has 3 heterocycles. The minimum atomic E-state index is -0.0589. The molecule has 2 aromatic heterocycles. The van der Waals surface area contributed by atoms with Gasteiger partial charge in [0.1, 0.15) is 11.5 Å². The summed E-state index contributed by atoms with van der Waals surface area (Å²) in [6.07, 6.45) is 3.22. The van der Waals surface area contributed by atoms with Gasteiger partial charge in [-0.3, -0.25) is 9.78 Å². The van der Waals surface area contributed by atoms with Gasteiger partial charge in [0.2, 0.25) is 0 Å². The highest BCUT2D eigenvalue weighted by molar-refractivity contribution is 5.92. The van der Waals surface area contributed by atoms with E-state index >= 15 is 0 Å². The van der Waals surface area contributed by atoms with Gasteiger partial charge in [0, 0.05) is 38.8 Å². The van der Waals surface area contributed by atoms with E-state index in [4.69, 9.17) is 0 Å². The van der Waals surface area contributed by atoms with E-state index < -0.39 is 0 Å². The van der Waals surface area contributed by atoms with Crippen molar-refractivity contribution in [2.45, 2.75) is 6.92 Å². The Morgan fingerprint density at radius 2 is 1.96 bits per heavy atom. The van der Waals surface area contributed by atoms with Crippen LogP contribution in [-0.2, 0) is 7.05 Å². The minimum Gasteiger partial charge on any atom is -0.335 e. The predicted octanol–water partition coefficient (Wildman–Crippen LogP) is 1.38. The van der Waals surface area contributed by atoms with Gasteiger partial charge in [-0.05, 0) is 19.1 Å². The smallest absolute Gasteiger partial charge is 0.274 e. The molecule has 1 aliphatic rings. The van der Waals surface area contributed by atoms with Crippen LogP contribution in [0.3, 0.4) is 0 Å². The number of carbonyl (C=O) groups excluding carboxylic acids is 1. The van der Waals surface area contributed by atoms with Gasteiger partial charge in [-0.1, -0.05) is 6.07 Å². The summed E-state index contributed by atoms with van der Waals surface area (Å²) in [5.74, 6) is 0.909. The molecule has 7 heteroatoms. The first-order chi connectivity index (χ1) is 12.1. The summed E-state index contributed by atoms with van der Waals surface area (Å²) in [5.41, 5.74) is 4.08. The first-order valence-electron chi connectivity index (χ1n) is 8.39. The van der Waals surface area contributed by atoms with E-state index in [0.29, 0.717) is 18.8 Å². The molecule has 0 spiro atoms. The number of aryl methyl sites for hydroxylation is 2. The Balaban J connectivity index is 1.60. The molecule has 0 unspecified atom stereocenters. The van der Waals surface area contributed by atoms with Crippen molar-refractivity contribution < 1.29 is 4.79 Å². The van der Waals surface area contributed by atoms with Crippen LogP contribution in [0.15, 0.2) is 30.6 Å². The molecule has 0 radical (unpaired) electrons. The summed E-state index contributed by atoms with van der Waals surface area (Å²) in [6, 6.07) is 6.04. The minimum absolute atomic E-state index is 0.0589. The maximum absolute atomic E-state index is 12.4. The second-order valence-electron chi connectivity index (χ2n) is 6.25. The highest BCUT2D eigenvalue weighted by Crippen LogP contribution is 2.22. The maximum Gasteiger partial charge on any atom is 0.274 e. The average Bonchev–Trinajstić information content (AvgIpc) is 2.95. The van der Waals surface area contributed by atoms with Gasteiger partial charge in [-0.15, -0.1) is 0 Å². The number of benzene rings is 1. The molecule has 1 N–H and O–H groups in total. The summed E-state index contributed by atoms with van der Waals surface area (Å²) in [6.45, 7) is 5.04. The predicted molar refractivity (Wildman–Crippen MR) is 95.3 cm³/mol. The molecule has 0 bridgehead atoms. The molecule has 25 heavy (non-hydrogen) atoms. The summed E-state index contributed by atoms with van der Waals surface area (Å²) >= 11 is 0. The second-order valence-corrected chi connectivity index (χ2v) is 6.25. The number of piperazine rings is 1. The Labute approximate surface area is 145 Å². The normalized spacial score (nSPS) is 14.9. The van der Waals surface area contributed by atoms with Gasteiger partial charge in [-0.25, -0.2) is 9.97 Å². The van der Waals surface area contributed by atoms with Crippen LogP contribution in [-0.4, -0.2) is 56.5 Å². The van der Waals surface area contributed by atoms with Crippen molar-refractivity contribution in [1.29, 1.82) is 0 Å². The fourth-order valence-electron chi connectivity index (χ4n) is 3.10. The highest BCUT2D eigenvalue weighted by atomic mass is 16.2. The quantitative estimate of drug-likeness (QED) is 0.765. The Hall–Kier alpha value is -2.80. The number of imidazole rings is 1. The third kappa shape index (κ3) is 2.87. The lowest BCUT2D eigenvalue weighted by atomic mass is 10.1. The third-order valence-corrected chi connectivity index (χ3v) is 4.68. The van der Waals surface area contributed by atoms with Crippen LogP contribution >= 0.6 is 0 Å². The lowest BCUT2D eigenvalue weighted by Crippen LogP contribution is -2.46. The molecule has 7 nitrogen and oxygen atoms in total. The van der Waals surface area contributed by atoms with Crippen LogP contribution in [0.2, 0.25) is 0 Å². The number of fused-ring (bicyclic) bond motifs is 1. The third-order valence-electron chi connectivity index (χ3n) is 4.68. The van der Waals surface area contributed by atoms with E-state index in [2.05, 4.69) is 24.8 Å². The molecule has 3 aromatic rings. The summed E-state index contributed by atoms with van der Waals surface area (Å²) in [7, 11) is 2.00. The van der Waals surface area contributed by atoms with E-state index in [1.807, 2.05) is 37.1 Å². The molecule has 1 fully saturated rings. The number of amides is 1. The molecule has 1 aliphatic heterocycles.